The molecule has 0 saturated heterocycles. The first kappa shape index (κ1) is 97.5. The predicted octanol–water partition coefficient (Wildman–Crippen LogP) is 23.1. The standard InChI is InChI=1S/C83H142O17P2/c1-5-9-13-17-21-25-29-33-36-37-38-39-42-45-48-52-56-60-64-68-81(86)94-74-79(100-83(88)70-66-62-58-54-50-46-41-35-31-27-23-19-15-11-7-3)76-98-102(91,92)96-72-77(84)71-95-101(89,90)97-75-78(99-82(87)69-65-61-57-53-49-43-32-28-24-20-16-12-8-4)73-93-80(85)67-63-59-55-51-47-44-40-34-30-26-22-18-14-10-6-2/h9-10,13-14,21-22,25-26,33-36,38-41,45,48,56,60,77-79,84H,5-8,11-12,15-20,23-24,27-32,37,42-44,46-47,49-55,57-59,61-76H2,1-4H3,(H,89,90)(H,91,92)/b13-9-,14-10-,25-21-,26-22-,36-33-,39-38-,40-34-,41-35-,48-45-,60-56-. The van der Waals surface area contributed by atoms with Crippen molar-refractivity contribution in [3.63, 3.8) is 0 Å². The maximum Gasteiger partial charge on any atom is 0.472 e. The number of phosphoric ester groups is 2. The van der Waals surface area contributed by atoms with Gasteiger partial charge in [-0.25, -0.2) is 9.13 Å². The molecule has 102 heavy (non-hydrogen) atoms. The highest BCUT2D eigenvalue weighted by Crippen LogP contribution is 2.45. The van der Waals surface area contributed by atoms with Gasteiger partial charge in [-0.05, 0) is 122 Å². The van der Waals surface area contributed by atoms with Crippen LogP contribution in [0.4, 0.5) is 0 Å². The third kappa shape index (κ3) is 73.8. The van der Waals surface area contributed by atoms with E-state index < -0.39 is 97.5 Å². The number of carbonyl (C=O) groups is 4. The van der Waals surface area contributed by atoms with Crippen molar-refractivity contribution < 1.29 is 80.2 Å². The van der Waals surface area contributed by atoms with Gasteiger partial charge in [-0.15, -0.1) is 0 Å². The zero-order valence-electron chi connectivity index (χ0n) is 64.0. The minimum absolute atomic E-state index is 0.0333. The number of phosphoric acid groups is 2. The molecular formula is C83H142O17P2. The fraction of sp³-hybridized carbons (Fsp3) is 0.711. The highest BCUT2D eigenvalue weighted by molar-refractivity contribution is 7.47. The second kappa shape index (κ2) is 74.7. The third-order valence-corrected chi connectivity index (χ3v) is 18.3. The Morgan fingerprint density at radius 2 is 0.529 bits per heavy atom. The van der Waals surface area contributed by atoms with Crippen LogP contribution >= 0.6 is 15.6 Å². The topological polar surface area (TPSA) is 237 Å². The Labute approximate surface area is 619 Å². The van der Waals surface area contributed by atoms with Gasteiger partial charge < -0.3 is 33.8 Å². The van der Waals surface area contributed by atoms with Gasteiger partial charge in [0, 0.05) is 25.7 Å². The summed E-state index contributed by atoms with van der Waals surface area (Å²) in [5, 5.41) is 10.6. The van der Waals surface area contributed by atoms with Crippen molar-refractivity contribution in [1.29, 1.82) is 0 Å². The van der Waals surface area contributed by atoms with Crippen molar-refractivity contribution >= 4 is 39.5 Å². The van der Waals surface area contributed by atoms with Crippen molar-refractivity contribution in [2.24, 2.45) is 0 Å². The van der Waals surface area contributed by atoms with Crippen molar-refractivity contribution in [1.82, 2.24) is 0 Å². The molecule has 0 fully saturated rings. The molecule has 0 rings (SSSR count). The molecule has 5 atom stereocenters. The number of ether oxygens (including phenoxy) is 4. The molecule has 0 heterocycles. The molecule has 0 aliphatic rings. The number of hydrogen-bond acceptors (Lipinski definition) is 15. The fourth-order valence-corrected chi connectivity index (χ4v) is 12.0. The summed E-state index contributed by atoms with van der Waals surface area (Å²) in [6.45, 7) is 4.55. The van der Waals surface area contributed by atoms with E-state index in [1.165, 1.54) is 89.9 Å². The van der Waals surface area contributed by atoms with Gasteiger partial charge in [-0.1, -0.05) is 297 Å². The molecule has 0 bridgehead atoms. The fourth-order valence-electron chi connectivity index (χ4n) is 10.4. The highest BCUT2D eigenvalue weighted by Gasteiger charge is 2.30. The summed E-state index contributed by atoms with van der Waals surface area (Å²) >= 11 is 0. The van der Waals surface area contributed by atoms with Crippen LogP contribution in [0.2, 0.25) is 0 Å². The van der Waals surface area contributed by atoms with Crippen LogP contribution in [-0.2, 0) is 65.4 Å². The van der Waals surface area contributed by atoms with E-state index in [4.69, 9.17) is 37.0 Å². The van der Waals surface area contributed by atoms with Crippen LogP contribution in [0.25, 0.3) is 0 Å². The number of esters is 4. The summed E-state index contributed by atoms with van der Waals surface area (Å²) in [5.74, 6) is -2.29. The van der Waals surface area contributed by atoms with Gasteiger partial charge in [0.15, 0.2) is 12.2 Å². The molecule has 19 heteroatoms. The number of unbranched alkanes of at least 4 members (excludes halogenated alkanes) is 28. The highest BCUT2D eigenvalue weighted by atomic mass is 31.2. The number of aliphatic hydroxyl groups excluding tert-OH is 1. The summed E-state index contributed by atoms with van der Waals surface area (Å²) in [4.78, 5) is 72.9. The van der Waals surface area contributed by atoms with Crippen LogP contribution in [0.1, 0.15) is 323 Å². The maximum absolute atomic E-state index is 13.1. The lowest BCUT2D eigenvalue weighted by molar-refractivity contribution is -0.161. The Morgan fingerprint density at radius 1 is 0.284 bits per heavy atom. The maximum atomic E-state index is 13.1. The lowest BCUT2D eigenvalue weighted by Crippen LogP contribution is -2.30. The molecule has 0 saturated carbocycles. The van der Waals surface area contributed by atoms with E-state index in [1.807, 2.05) is 18.2 Å². The van der Waals surface area contributed by atoms with Crippen LogP contribution in [0.5, 0.6) is 0 Å². The lowest BCUT2D eigenvalue weighted by Gasteiger charge is -2.21. The molecule has 0 spiro atoms. The zero-order valence-corrected chi connectivity index (χ0v) is 65.8. The van der Waals surface area contributed by atoms with E-state index in [0.717, 1.165) is 148 Å². The number of carbonyl (C=O) groups excluding carboxylic acids is 4. The van der Waals surface area contributed by atoms with Crippen molar-refractivity contribution in [3.05, 3.63) is 122 Å². The molecule has 0 amide bonds. The molecule has 0 aliphatic heterocycles. The van der Waals surface area contributed by atoms with Gasteiger partial charge in [-0.2, -0.15) is 0 Å². The molecule has 0 radical (unpaired) electrons. The normalized spacial score (nSPS) is 14.5. The smallest absolute Gasteiger partial charge is 0.462 e. The van der Waals surface area contributed by atoms with Gasteiger partial charge >= 0.3 is 39.5 Å². The number of hydrogen-bond donors (Lipinski definition) is 3. The molecular weight excluding hydrogens is 1330 g/mol. The van der Waals surface area contributed by atoms with Gasteiger partial charge in [0.25, 0.3) is 0 Å². The predicted molar refractivity (Wildman–Crippen MR) is 418 cm³/mol. The van der Waals surface area contributed by atoms with Gasteiger partial charge in [-0.3, -0.25) is 37.3 Å². The Balaban J connectivity index is 5.42. The largest absolute Gasteiger partial charge is 0.472 e. The van der Waals surface area contributed by atoms with Gasteiger partial charge in [0.05, 0.1) is 26.4 Å². The molecule has 0 aromatic carbocycles. The molecule has 0 aliphatic carbocycles. The second-order valence-electron chi connectivity index (χ2n) is 26.2. The quantitative estimate of drug-likeness (QED) is 0.0169. The summed E-state index contributed by atoms with van der Waals surface area (Å²) in [5.41, 5.74) is 0. The Hall–Kier alpha value is -4.54. The summed E-state index contributed by atoms with van der Waals surface area (Å²) in [6.07, 6.45) is 81.9. The lowest BCUT2D eigenvalue weighted by atomic mass is 10.0. The molecule has 17 nitrogen and oxygen atoms in total. The Morgan fingerprint density at radius 3 is 0.853 bits per heavy atom. The number of rotatable bonds is 74. The minimum Gasteiger partial charge on any atom is -0.462 e. The molecule has 5 unspecified atom stereocenters. The van der Waals surface area contributed by atoms with Gasteiger partial charge in [0.1, 0.15) is 19.3 Å². The SMILES string of the molecule is CC/C=C\C/C=C\C/C=C\C/C=C\C/C=C\C/C=C\CCC(=O)OCC(COP(=O)(O)OCC(O)COP(=O)(O)OCC(COC(=O)CCCCCCC/C=C\C/C=C\C/C=C\CC)OC(=O)CCCCCCCCCCCCCCC)OC(=O)CCCCCCC/C=C\CCCCCCCC. The summed E-state index contributed by atoms with van der Waals surface area (Å²) < 4.78 is 68.5. The summed E-state index contributed by atoms with van der Waals surface area (Å²) in [6, 6.07) is 0. The molecule has 0 aromatic heterocycles. The van der Waals surface area contributed by atoms with Crippen molar-refractivity contribution in [2.75, 3.05) is 39.6 Å². The summed E-state index contributed by atoms with van der Waals surface area (Å²) in [7, 11) is -9.98. The van der Waals surface area contributed by atoms with Crippen LogP contribution in [-0.4, -0.2) is 96.7 Å². The van der Waals surface area contributed by atoms with Crippen LogP contribution in [0.15, 0.2) is 122 Å². The molecule has 3 N–H and O–H groups in total. The van der Waals surface area contributed by atoms with E-state index in [0.29, 0.717) is 32.1 Å². The third-order valence-electron chi connectivity index (χ3n) is 16.4. The first-order valence-electron chi connectivity index (χ1n) is 39.8. The average molecular weight is 1470 g/mol. The average Bonchev–Trinajstić information content (AvgIpc) is 0.924. The minimum atomic E-state index is -5.00. The van der Waals surface area contributed by atoms with Gasteiger partial charge in [0.2, 0.25) is 0 Å². The number of allylic oxidation sites excluding steroid dienone is 20. The van der Waals surface area contributed by atoms with E-state index in [2.05, 4.69) is 131 Å². The van der Waals surface area contributed by atoms with Crippen LogP contribution < -0.4 is 0 Å². The monoisotopic (exact) mass is 1470 g/mol. The van der Waals surface area contributed by atoms with E-state index in [9.17, 15) is 43.2 Å². The van der Waals surface area contributed by atoms with Crippen LogP contribution in [0, 0.1) is 0 Å². The van der Waals surface area contributed by atoms with Crippen molar-refractivity contribution in [2.45, 2.75) is 341 Å². The van der Waals surface area contributed by atoms with E-state index in [-0.39, 0.29) is 25.7 Å². The van der Waals surface area contributed by atoms with Crippen molar-refractivity contribution in [3.8, 4) is 0 Å². The second-order valence-corrected chi connectivity index (χ2v) is 29.2. The Kier molecular flexibility index (Phi) is 71.4. The molecule has 0 aromatic rings. The van der Waals surface area contributed by atoms with E-state index >= 15 is 0 Å². The molecule has 586 valence electrons. The first-order valence-corrected chi connectivity index (χ1v) is 42.8. The number of aliphatic hydroxyl groups is 1. The zero-order chi connectivity index (χ0) is 74.6. The van der Waals surface area contributed by atoms with Crippen LogP contribution in [0.3, 0.4) is 0 Å². The Bertz CT molecular complexity index is 2410. The first-order chi connectivity index (χ1) is 49.7. The van der Waals surface area contributed by atoms with E-state index in [1.54, 1.807) is 0 Å².